The number of rotatable bonds is 2. The molecule has 1 fully saturated rings. The molecule has 0 aromatic heterocycles. The molecule has 0 radical (unpaired) electrons. The molecule has 16 heavy (non-hydrogen) atoms. The van der Waals surface area contributed by atoms with E-state index < -0.39 is 0 Å². The number of benzene rings is 1. The summed E-state index contributed by atoms with van der Waals surface area (Å²) in [6.07, 6.45) is 1.47. The predicted octanol–water partition coefficient (Wildman–Crippen LogP) is 1.42. The third-order valence-corrected chi connectivity index (χ3v) is 2.87. The summed E-state index contributed by atoms with van der Waals surface area (Å²) in [5.41, 5.74) is 1.03. The van der Waals surface area contributed by atoms with Gasteiger partial charge in [0.15, 0.2) is 0 Å². The minimum Gasteiger partial charge on any atom is -0.342 e. The van der Waals surface area contributed by atoms with Gasteiger partial charge in [-0.15, -0.1) is 0 Å². The maximum Gasteiger partial charge on any atom is 0.227 e. The number of carbonyl (C=O) groups is 2. The van der Waals surface area contributed by atoms with Gasteiger partial charge in [-0.05, 0) is 5.56 Å². The first-order valence-corrected chi connectivity index (χ1v) is 5.59. The first-order chi connectivity index (χ1) is 7.75. The molecule has 0 unspecified atom stereocenters. The van der Waals surface area contributed by atoms with E-state index in [0.29, 0.717) is 32.4 Å². The summed E-state index contributed by atoms with van der Waals surface area (Å²) in [5, 5.41) is 0. The van der Waals surface area contributed by atoms with Crippen LogP contribution in [0.1, 0.15) is 18.4 Å². The van der Waals surface area contributed by atoms with Crippen molar-refractivity contribution in [3.8, 4) is 0 Å². The maximum atomic E-state index is 11.9. The van der Waals surface area contributed by atoms with Gasteiger partial charge in [0.05, 0.1) is 6.42 Å². The van der Waals surface area contributed by atoms with Crippen LogP contribution in [-0.2, 0) is 16.0 Å². The van der Waals surface area contributed by atoms with Crippen molar-refractivity contribution in [3.05, 3.63) is 35.9 Å². The van der Waals surface area contributed by atoms with Gasteiger partial charge in [-0.25, -0.2) is 0 Å². The Hall–Kier alpha value is -1.64. The monoisotopic (exact) mass is 217 g/mol. The van der Waals surface area contributed by atoms with Crippen molar-refractivity contribution in [1.82, 2.24) is 4.90 Å². The van der Waals surface area contributed by atoms with Crippen LogP contribution in [0.15, 0.2) is 30.3 Å². The lowest BCUT2D eigenvalue weighted by Crippen LogP contribution is -2.39. The lowest BCUT2D eigenvalue weighted by Gasteiger charge is -2.26. The quantitative estimate of drug-likeness (QED) is 0.751. The van der Waals surface area contributed by atoms with Crippen molar-refractivity contribution < 1.29 is 9.59 Å². The Kier molecular flexibility index (Phi) is 3.34. The molecule has 1 aromatic rings. The van der Waals surface area contributed by atoms with Crippen molar-refractivity contribution in [1.29, 1.82) is 0 Å². The largest absolute Gasteiger partial charge is 0.342 e. The molecule has 1 heterocycles. The Bertz CT molecular complexity index is 376. The van der Waals surface area contributed by atoms with Gasteiger partial charge in [0, 0.05) is 25.9 Å². The summed E-state index contributed by atoms with van der Waals surface area (Å²) in [6.45, 7) is 1.18. The summed E-state index contributed by atoms with van der Waals surface area (Å²) in [7, 11) is 0. The van der Waals surface area contributed by atoms with Gasteiger partial charge in [0.2, 0.25) is 5.91 Å². The van der Waals surface area contributed by atoms with Crippen LogP contribution in [0.2, 0.25) is 0 Å². The number of amides is 1. The summed E-state index contributed by atoms with van der Waals surface area (Å²) in [4.78, 5) is 24.7. The van der Waals surface area contributed by atoms with E-state index in [0.717, 1.165) is 5.56 Å². The first-order valence-electron chi connectivity index (χ1n) is 5.59. The summed E-state index contributed by atoms with van der Waals surface area (Å²) >= 11 is 0. The summed E-state index contributed by atoms with van der Waals surface area (Å²) < 4.78 is 0. The van der Waals surface area contributed by atoms with E-state index in [1.54, 1.807) is 4.90 Å². The number of nitrogens with zero attached hydrogens (tertiary/aromatic N) is 1. The molecule has 1 aliphatic rings. The van der Waals surface area contributed by atoms with Crippen LogP contribution in [0.25, 0.3) is 0 Å². The van der Waals surface area contributed by atoms with E-state index in [-0.39, 0.29) is 11.7 Å². The zero-order valence-electron chi connectivity index (χ0n) is 9.19. The second-order valence-corrected chi connectivity index (χ2v) is 4.08. The number of carbonyl (C=O) groups excluding carboxylic acids is 2. The molecule has 3 heteroatoms. The zero-order valence-corrected chi connectivity index (χ0v) is 9.19. The molecular weight excluding hydrogens is 202 g/mol. The van der Waals surface area contributed by atoms with Gasteiger partial charge in [0.1, 0.15) is 5.78 Å². The lowest BCUT2D eigenvalue weighted by atomic mass is 10.1. The van der Waals surface area contributed by atoms with Crippen LogP contribution < -0.4 is 0 Å². The van der Waals surface area contributed by atoms with Crippen LogP contribution in [0, 0.1) is 0 Å². The Morgan fingerprint density at radius 2 is 1.75 bits per heavy atom. The van der Waals surface area contributed by atoms with Gasteiger partial charge in [-0.1, -0.05) is 30.3 Å². The predicted molar refractivity (Wildman–Crippen MR) is 61.0 cm³/mol. The van der Waals surface area contributed by atoms with Crippen molar-refractivity contribution in [2.75, 3.05) is 13.1 Å². The van der Waals surface area contributed by atoms with Gasteiger partial charge >= 0.3 is 0 Å². The zero-order chi connectivity index (χ0) is 11.4. The van der Waals surface area contributed by atoms with Gasteiger partial charge in [0.25, 0.3) is 0 Å². The van der Waals surface area contributed by atoms with E-state index in [2.05, 4.69) is 0 Å². The first kappa shape index (κ1) is 10.9. The Labute approximate surface area is 95.1 Å². The number of hydrogen-bond donors (Lipinski definition) is 0. The molecule has 0 bridgehead atoms. The fraction of sp³-hybridized carbons (Fsp3) is 0.385. The molecule has 1 aliphatic heterocycles. The van der Waals surface area contributed by atoms with Gasteiger partial charge in [-0.2, -0.15) is 0 Å². The minimum atomic E-state index is 0.124. The highest BCUT2D eigenvalue weighted by Gasteiger charge is 2.20. The standard InChI is InChI=1S/C13H15NO2/c15-12-6-8-14(9-7-12)13(16)10-11-4-2-1-3-5-11/h1-5H,6-10H2. The number of hydrogen-bond acceptors (Lipinski definition) is 2. The van der Waals surface area contributed by atoms with Gasteiger partial charge < -0.3 is 4.90 Å². The van der Waals surface area contributed by atoms with E-state index in [4.69, 9.17) is 0 Å². The Balaban J connectivity index is 1.91. The fourth-order valence-electron chi connectivity index (χ4n) is 1.89. The molecule has 0 spiro atoms. The van der Waals surface area contributed by atoms with Crippen LogP contribution in [0.3, 0.4) is 0 Å². The molecule has 1 amide bonds. The molecule has 0 atom stereocenters. The molecule has 0 saturated carbocycles. The number of piperidine rings is 1. The van der Waals surface area contributed by atoms with Crippen LogP contribution in [-0.4, -0.2) is 29.7 Å². The third kappa shape index (κ3) is 2.69. The molecule has 0 N–H and O–H groups in total. The summed E-state index contributed by atoms with van der Waals surface area (Å²) in [6, 6.07) is 9.71. The smallest absolute Gasteiger partial charge is 0.227 e. The highest BCUT2D eigenvalue weighted by atomic mass is 16.2. The molecular formula is C13H15NO2. The second-order valence-electron chi connectivity index (χ2n) is 4.08. The van der Waals surface area contributed by atoms with E-state index in [1.165, 1.54) is 0 Å². The van der Waals surface area contributed by atoms with Crippen molar-refractivity contribution >= 4 is 11.7 Å². The van der Waals surface area contributed by atoms with E-state index in [9.17, 15) is 9.59 Å². The van der Waals surface area contributed by atoms with Crippen molar-refractivity contribution in [2.24, 2.45) is 0 Å². The average molecular weight is 217 g/mol. The number of likely N-dealkylation sites (tertiary alicyclic amines) is 1. The molecule has 0 aliphatic carbocycles. The van der Waals surface area contributed by atoms with E-state index in [1.807, 2.05) is 30.3 Å². The average Bonchev–Trinajstić information content (AvgIpc) is 2.31. The summed E-state index contributed by atoms with van der Waals surface area (Å²) in [5.74, 6) is 0.391. The van der Waals surface area contributed by atoms with Gasteiger partial charge in [-0.3, -0.25) is 9.59 Å². The molecule has 3 nitrogen and oxygen atoms in total. The molecule has 2 rings (SSSR count). The van der Waals surface area contributed by atoms with Crippen molar-refractivity contribution in [2.45, 2.75) is 19.3 Å². The number of ketones is 1. The van der Waals surface area contributed by atoms with E-state index >= 15 is 0 Å². The van der Waals surface area contributed by atoms with Crippen molar-refractivity contribution in [3.63, 3.8) is 0 Å². The van der Waals surface area contributed by atoms with Crippen LogP contribution in [0.5, 0.6) is 0 Å². The SMILES string of the molecule is O=C1CCN(C(=O)Cc2ccccc2)CC1. The van der Waals surface area contributed by atoms with Crippen LogP contribution in [0.4, 0.5) is 0 Å². The Morgan fingerprint density at radius 1 is 1.12 bits per heavy atom. The Morgan fingerprint density at radius 3 is 2.38 bits per heavy atom. The fourth-order valence-corrected chi connectivity index (χ4v) is 1.89. The molecule has 84 valence electrons. The second kappa shape index (κ2) is 4.92. The topological polar surface area (TPSA) is 37.4 Å². The highest BCUT2D eigenvalue weighted by molar-refractivity contribution is 5.84. The normalized spacial score (nSPS) is 16.2. The lowest BCUT2D eigenvalue weighted by molar-refractivity contribution is -0.133. The third-order valence-electron chi connectivity index (χ3n) is 2.87. The highest BCUT2D eigenvalue weighted by Crippen LogP contribution is 2.09. The van der Waals surface area contributed by atoms with Crippen LogP contribution >= 0.6 is 0 Å². The molecule has 1 saturated heterocycles. The maximum absolute atomic E-state index is 11.9. The molecule has 1 aromatic carbocycles. The minimum absolute atomic E-state index is 0.124. The number of Topliss-reactive ketones (excluding diaryl/α,β-unsaturated/α-hetero) is 1.